The first-order valence-electron chi connectivity index (χ1n) is 5.27. The summed E-state index contributed by atoms with van der Waals surface area (Å²) in [5, 5.41) is 13.0. The van der Waals surface area contributed by atoms with E-state index >= 15 is 0 Å². The molecule has 10 nitrogen and oxygen atoms in total. The lowest BCUT2D eigenvalue weighted by Gasteiger charge is -2.06. The molecule has 2 rings (SSSR count). The predicted octanol–water partition coefficient (Wildman–Crippen LogP) is -1.15. The minimum atomic E-state index is -3.65. The van der Waals surface area contributed by atoms with Gasteiger partial charge in [0.05, 0.1) is 11.9 Å². The van der Waals surface area contributed by atoms with Crippen molar-refractivity contribution < 1.29 is 13.2 Å². The number of rotatable bonds is 4. The number of nitrogens with two attached hydrogens (primary N) is 1. The molecule has 0 saturated carbocycles. The molecular weight excluding hydrogens is 286 g/mol. The summed E-state index contributed by atoms with van der Waals surface area (Å²) in [5.41, 5.74) is 5.37. The van der Waals surface area contributed by atoms with Crippen molar-refractivity contribution in [3.63, 3.8) is 0 Å². The molecule has 0 aliphatic carbocycles. The van der Waals surface area contributed by atoms with Crippen molar-refractivity contribution in [3.05, 3.63) is 18.1 Å². The largest absolute Gasteiger partial charge is 0.364 e. The normalized spacial score (nSPS) is 11.3. The molecule has 11 heteroatoms. The fraction of sp³-hybridized carbons (Fsp3) is 0.222. The second-order valence-electron chi connectivity index (χ2n) is 3.96. The molecule has 0 fully saturated rings. The Morgan fingerprint density at radius 1 is 1.40 bits per heavy atom. The van der Waals surface area contributed by atoms with Crippen LogP contribution in [0.1, 0.15) is 10.5 Å². The van der Waals surface area contributed by atoms with Crippen LogP contribution in [-0.4, -0.2) is 45.5 Å². The Morgan fingerprint density at radius 3 is 2.60 bits per heavy atom. The molecule has 3 N–H and O–H groups in total. The van der Waals surface area contributed by atoms with Gasteiger partial charge in [0, 0.05) is 19.5 Å². The monoisotopic (exact) mass is 297 g/mol. The van der Waals surface area contributed by atoms with Crippen LogP contribution in [0.4, 0.5) is 11.5 Å². The second-order valence-corrected chi connectivity index (χ2v) is 5.87. The molecule has 2 aromatic rings. The van der Waals surface area contributed by atoms with Gasteiger partial charge in [-0.25, -0.2) is 8.42 Å². The van der Waals surface area contributed by atoms with Crippen LogP contribution in [0.2, 0.25) is 0 Å². The number of sulfone groups is 1. The lowest BCUT2D eigenvalue weighted by atomic mass is 10.4. The van der Waals surface area contributed by atoms with E-state index in [0.29, 0.717) is 5.69 Å². The van der Waals surface area contributed by atoms with Gasteiger partial charge in [0.25, 0.3) is 11.1 Å². The molecular formula is C9H11N7O3S. The summed E-state index contributed by atoms with van der Waals surface area (Å²) in [6, 6.07) is 0. The van der Waals surface area contributed by atoms with E-state index in [2.05, 4.69) is 25.6 Å². The lowest BCUT2D eigenvalue weighted by Crippen LogP contribution is -2.19. The fourth-order valence-electron chi connectivity index (χ4n) is 1.34. The third-order valence-corrected chi connectivity index (χ3v) is 3.04. The van der Waals surface area contributed by atoms with E-state index in [1.807, 2.05) is 0 Å². The number of hydrogen-bond donors (Lipinski definition) is 2. The van der Waals surface area contributed by atoms with E-state index in [1.165, 1.54) is 10.9 Å². The highest BCUT2D eigenvalue weighted by atomic mass is 32.2. The predicted molar refractivity (Wildman–Crippen MR) is 67.9 cm³/mol. The van der Waals surface area contributed by atoms with Crippen LogP contribution in [0.15, 0.2) is 17.6 Å². The molecule has 0 atom stereocenters. The first kappa shape index (κ1) is 13.9. The van der Waals surface area contributed by atoms with Crippen molar-refractivity contribution in [3.8, 4) is 0 Å². The van der Waals surface area contributed by atoms with Crippen LogP contribution in [0.3, 0.4) is 0 Å². The van der Waals surface area contributed by atoms with E-state index in [0.717, 1.165) is 6.26 Å². The molecule has 0 aliphatic heterocycles. The molecule has 0 radical (unpaired) electrons. The average molecular weight is 297 g/mol. The van der Waals surface area contributed by atoms with Crippen molar-refractivity contribution in [2.45, 2.75) is 5.16 Å². The Bertz CT molecular complexity index is 768. The third kappa shape index (κ3) is 2.88. The highest BCUT2D eigenvalue weighted by Crippen LogP contribution is 2.17. The minimum Gasteiger partial charge on any atom is -0.364 e. The Hall–Kier alpha value is -2.56. The van der Waals surface area contributed by atoms with Gasteiger partial charge in [-0.1, -0.05) is 0 Å². The summed E-state index contributed by atoms with van der Waals surface area (Å²) < 4.78 is 24.3. The van der Waals surface area contributed by atoms with Crippen LogP contribution in [0, 0.1) is 0 Å². The third-order valence-electron chi connectivity index (χ3n) is 2.20. The number of nitrogens with zero attached hydrogens (tertiary/aromatic N) is 5. The molecule has 0 unspecified atom stereocenters. The first-order chi connectivity index (χ1) is 9.27. The molecule has 2 aromatic heterocycles. The number of aromatic nitrogens is 5. The zero-order valence-corrected chi connectivity index (χ0v) is 11.4. The maximum Gasteiger partial charge on any atom is 0.273 e. The minimum absolute atomic E-state index is 0.0964. The van der Waals surface area contributed by atoms with Gasteiger partial charge in [0.1, 0.15) is 0 Å². The van der Waals surface area contributed by atoms with Crippen molar-refractivity contribution in [2.24, 2.45) is 12.8 Å². The van der Waals surface area contributed by atoms with Gasteiger partial charge in [0.2, 0.25) is 9.84 Å². The van der Waals surface area contributed by atoms with E-state index in [-0.39, 0.29) is 11.5 Å². The smallest absolute Gasteiger partial charge is 0.273 e. The van der Waals surface area contributed by atoms with Gasteiger partial charge in [-0.05, 0) is 0 Å². The average Bonchev–Trinajstić information content (AvgIpc) is 2.73. The number of anilines is 2. The van der Waals surface area contributed by atoms with E-state index in [4.69, 9.17) is 5.73 Å². The van der Waals surface area contributed by atoms with E-state index < -0.39 is 20.9 Å². The highest BCUT2D eigenvalue weighted by Gasteiger charge is 2.19. The summed E-state index contributed by atoms with van der Waals surface area (Å²) >= 11 is 0. The number of aryl methyl sites for hydroxylation is 1. The Labute approximate surface area is 113 Å². The molecule has 0 aromatic carbocycles. The van der Waals surface area contributed by atoms with Crippen molar-refractivity contribution in [1.29, 1.82) is 0 Å². The van der Waals surface area contributed by atoms with Gasteiger partial charge in [-0.15, -0.1) is 10.2 Å². The van der Waals surface area contributed by atoms with Crippen molar-refractivity contribution in [1.82, 2.24) is 25.0 Å². The Balaban J connectivity index is 2.50. The second kappa shape index (κ2) is 4.85. The number of primary amides is 1. The zero-order chi connectivity index (χ0) is 14.9. The van der Waals surface area contributed by atoms with E-state index in [9.17, 15) is 13.2 Å². The molecule has 0 aliphatic rings. The van der Waals surface area contributed by atoms with Crippen molar-refractivity contribution in [2.75, 3.05) is 11.6 Å². The van der Waals surface area contributed by atoms with Crippen molar-refractivity contribution >= 4 is 27.2 Å². The van der Waals surface area contributed by atoms with Crippen LogP contribution in [-0.2, 0) is 16.9 Å². The molecule has 0 bridgehead atoms. The molecule has 20 heavy (non-hydrogen) atoms. The number of amides is 1. The molecule has 106 valence electrons. The fourth-order valence-corrected chi connectivity index (χ4v) is 1.79. The van der Waals surface area contributed by atoms with Crippen LogP contribution in [0.25, 0.3) is 0 Å². The van der Waals surface area contributed by atoms with Gasteiger partial charge < -0.3 is 11.1 Å². The molecule has 2 heterocycles. The lowest BCUT2D eigenvalue weighted by molar-refractivity contribution is 0.0994. The van der Waals surface area contributed by atoms with E-state index in [1.54, 1.807) is 13.2 Å². The molecule has 1 amide bonds. The Kier molecular flexibility index (Phi) is 3.36. The summed E-state index contributed by atoms with van der Waals surface area (Å²) in [7, 11) is -1.96. The van der Waals surface area contributed by atoms with Gasteiger partial charge in [-0.2, -0.15) is 10.1 Å². The topological polar surface area (TPSA) is 146 Å². The molecule has 0 saturated heterocycles. The number of hydrogen-bond acceptors (Lipinski definition) is 8. The highest BCUT2D eigenvalue weighted by molar-refractivity contribution is 7.90. The van der Waals surface area contributed by atoms with Crippen LogP contribution < -0.4 is 11.1 Å². The zero-order valence-electron chi connectivity index (χ0n) is 10.6. The summed E-state index contributed by atoms with van der Waals surface area (Å²) in [5.74, 6) is -0.975. The van der Waals surface area contributed by atoms with Gasteiger partial charge in [-0.3, -0.25) is 9.48 Å². The first-order valence-corrected chi connectivity index (χ1v) is 7.17. The molecule has 0 spiro atoms. The maximum atomic E-state index is 11.4. The summed E-state index contributed by atoms with van der Waals surface area (Å²) in [4.78, 5) is 15.0. The standard InChI is InChI=1S/C9H11N7O3S/c1-16-4-5(3-11-16)12-8-6(7(10)17)14-15-9(13-8)20(2,18)19/h3-4H,1-2H3,(H2,10,17)(H,12,13,15). The maximum absolute atomic E-state index is 11.4. The summed E-state index contributed by atoms with van der Waals surface area (Å²) in [6.07, 6.45) is 4.00. The van der Waals surface area contributed by atoms with Gasteiger partial charge >= 0.3 is 0 Å². The Morgan fingerprint density at radius 2 is 2.10 bits per heavy atom. The summed E-state index contributed by atoms with van der Waals surface area (Å²) in [6.45, 7) is 0. The van der Waals surface area contributed by atoms with Crippen LogP contribution in [0.5, 0.6) is 0 Å². The quantitative estimate of drug-likeness (QED) is 0.719. The van der Waals surface area contributed by atoms with Crippen LogP contribution >= 0.6 is 0 Å². The van der Waals surface area contributed by atoms with Gasteiger partial charge in [0.15, 0.2) is 11.5 Å². The number of carbonyl (C=O) groups is 1. The number of carbonyl (C=O) groups excluding carboxylic acids is 1. The SMILES string of the molecule is Cn1cc(Nc2nc(S(C)(=O)=O)nnc2C(N)=O)cn1. The number of nitrogens with one attached hydrogen (secondary N) is 1.